The van der Waals surface area contributed by atoms with Crippen LogP contribution >= 0.6 is 0 Å². The van der Waals surface area contributed by atoms with Crippen LogP contribution in [0.4, 0.5) is 0 Å². The Morgan fingerprint density at radius 2 is 0.318 bits per heavy atom. The van der Waals surface area contributed by atoms with Crippen LogP contribution in [-0.4, -0.2) is 29.9 Å². The minimum absolute atomic E-state index is 0.604. The zero-order valence-electron chi connectivity index (χ0n) is 35.8. The van der Waals surface area contributed by atoms with Crippen LogP contribution in [0.2, 0.25) is 0 Å². The molecule has 310 valence electrons. The van der Waals surface area contributed by atoms with E-state index in [1.165, 1.54) is 11.1 Å². The van der Waals surface area contributed by atoms with E-state index in [0.717, 1.165) is 66.8 Å². The third-order valence-corrected chi connectivity index (χ3v) is 11.6. The highest BCUT2D eigenvalue weighted by Gasteiger charge is 2.16. The highest BCUT2D eigenvalue weighted by atomic mass is 15.0. The first kappa shape index (κ1) is 39.8. The molecule has 0 aliphatic rings. The number of aromatic nitrogens is 6. The molecule has 2 aromatic heterocycles. The van der Waals surface area contributed by atoms with Crippen molar-refractivity contribution in [2.75, 3.05) is 0 Å². The van der Waals surface area contributed by atoms with Crippen molar-refractivity contribution >= 4 is 0 Å². The third kappa shape index (κ3) is 8.54. The lowest BCUT2D eigenvalue weighted by Gasteiger charge is -2.11. The Morgan fingerprint density at radius 3 is 0.621 bits per heavy atom. The summed E-state index contributed by atoms with van der Waals surface area (Å²) in [5.74, 6) is 3.71. The van der Waals surface area contributed by atoms with Crippen LogP contribution in [0.15, 0.2) is 243 Å². The second kappa shape index (κ2) is 18.0. The van der Waals surface area contributed by atoms with Gasteiger partial charge in [-0.3, -0.25) is 0 Å². The van der Waals surface area contributed by atoms with Crippen molar-refractivity contribution in [2.24, 2.45) is 0 Å². The Hall–Kier alpha value is -9.00. The molecule has 0 aliphatic carbocycles. The molecule has 0 aliphatic heterocycles. The third-order valence-electron chi connectivity index (χ3n) is 11.6. The predicted octanol–water partition coefficient (Wildman–Crippen LogP) is 14.7. The van der Waals surface area contributed by atoms with Crippen LogP contribution in [0.25, 0.3) is 113 Å². The van der Waals surface area contributed by atoms with E-state index in [1.54, 1.807) is 0 Å². The number of nitrogens with zero attached hydrogens (tertiary/aromatic N) is 6. The second-order valence-corrected chi connectivity index (χ2v) is 16.0. The molecule has 0 fully saturated rings. The minimum atomic E-state index is 0.604. The van der Waals surface area contributed by atoms with E-state index in [2.05, 4.69) is 146 Å². The Balaban J connectivity index is 0.909. The fraction of sp³-hybridized carbons (Fsp3) is 0. The molecular formula is C60H40N6. The molecule has 6 nitrogen and oxygen atoms in total. The van der Waals surface area contributed by atoms with Crippen molar-refractivity contribution in [3.8, 4) is 113 Å². The van der Waals surface area contributed by atoms with E-state index in [9.17, 15) is 0 Å². The molecule has 0 bridgehead atoms. The Bertz CT molecular complexity index is 3380. The maximum absolute atomic E-state index is 5.10. The monoisotopic (exact) mass is 844 g/mol. The van der Waals surface area contributed by atoms with E-state index in [0.29, 0.717) is 34.9 Å². The fourth-order valence-corrected chi connectivity index (χ4v) is 8.14. The largest absolute Gasteiger partial charge is 0.208 e. The Labute approximate surface area is 383 Å². The lowest BCUT2D eigenvalue weighted by atomic mass is 9.97. The molecule has 0 radical (unpaired) electrons. The lowest BCUT2D eigenvalue weighted by Crippen LogP contribution is -2.00. The first-order chi connectivity index (χ1) is 32.7. The van der Waals surface area contributed by atoms with Crippen LogP contribution in [-0.2, 0) is 0 Å². The van der Waals surface area contributed by atoms with Gasteiger partial charge in [-0.15, -0.1) is 0 Å². The van der Waals surface area contributed by atoms with Gasteiger partial charge in [0.05, 0.1) is 0 Å². The molecule has 0 saturated heterocycles. The number of rotatable bonds is 10. The van der Waals surface area contributed by atoms with Gasteiger partial charge in [-0.05, 0) is 62.7 Å². The van der Waals surface area contributed by atoms with Gasteiger partial charge in [-0.1, -0.05) is 224 Å². The van der Waals surface area contributed by atoms with Crippen LogP contribution in [0.5, 0.6) is 0 Å². The van der Waals surface area contributed by atoms with Gasteiger partial charge in [0.25, 0.3) is 0 Å². The normalized spacial score (nSPS) is 11.0. The average Bonchev–Trinajstić information content (AvgIpc) is 3.42. The number of hydrogen-bond acceptors (Lipinski definition) is 6. The van der Waals surface area contributed by atoms with Crippen molar-refractivity contribution < 1.29 is 0 Å². The molecule has 0 spiro atoms. The van der Waals surface area contributed by atoms with Gasteiger partial charge < -0.3 is 0 Å². The topological polar surface area (TPSA) is 77.3 Å². The first-order valence-corrected chi connectivity index (χ1v) is 21.9. The van der Waals surface area contributed by atoms with Gasteiger partial charge >= 0.3 is 0 Å². The standard InChI is InChI=1S/C60H40N6/c1-5-16-41(17-6-1)42-30-32-43(33-31-42)44-34-36-48(37-35-44)58-62-57(47-22-11-4-12-23-47)65-60(66-58)54-29-15-27-52(40-54)50-25-13-24-49(38-50)51-26-14-28-53(39-51)59-63-55(45-18-7-2-8-19-45)61-56(64-59)46-20-9-3-10-21-46/h1-40H. The highest BCUT2D eigenvalue weighted by molar-refractivity contribution is 5.79. The van der Waals surface area contributed by atoms with Crippen molar-refractivity contribution in [1.82, 2.24) is 29.9 Å². The van der Waals surface area contributed by atoms with Crippen molar-refractivity contribution in [2.45, 2.75) is 0 Å². The molecule has 2 heterocycles. The average molecular weight is 845 g/mol. The van der Waals surface area contributed by atoms with Crippen LogP contribution < -0.4 is 0 Å². The van der Waals surface area contributed by atoms with Gasteiger partial charge in [-0.2, -0.15) is 0 Å². The van der Waals surface area contributed by atoms with Crippen molar-refractivity contribution in [1.29, 1.82) is 0 Å². The molecule has 9 aromatic carbocycles. The first-order valence-electron chi connectivity index (χ1n) is 21.9. The van der Waals surface area contributed by atoms with E-state index < -0.39 is 0 Å². The maximum atomic E-state index is 5.10. The molecule has 6 heteroatoms. The summed E-state index contributed by atoms with van der Waals surface area (Å²) in [5.41, 5.74) is 14.4. The van der Waals surface area contributed by atoms with E-state index in [-0.39, 0.29) is 0 Å². The van der Waals surface area contributed by atoms with E-state index in [1.807, 2.05) is 97.1 Å². The fourth-order valence-electron chi connectivity index (χ4n) is 8.14. The van der Waals surface area contributed by atoms with E-state index in [4.69, 9.17) is 29.9 Å². The second-order valence-electron chi connectivity index (χ2n) is 16.0. The summed E-state index contributed by atoms with van der Waals surface area (Å²) in [6.45, 7) is 0. The highest BCUT2D eigenvalue weighted by Crippen LogP contribution is 2.34. The summed E-state index contributed by atoms with van der Waals surface area (Å²) < 4.78 is 0. The number of hydrogen-bond donors (Lipinski definition) is 0. The molecule has 0 amide bonds. The molecule has 11 aromatic rings. The quantitative estimate of drug-likeness (QED) is 0.136. The lowest BCUT2D eigenvalue weighted by molar-refractivity contribution is 1.07. The zero-order valence-corrected chi connectivity index (χ0v) is 35.8. The van der Waals surface area contributed by atoms with Gasteiger partial charge in [0.1, 0.15) is 0 Å². The van der Waals surface area contributed by atoms with Gasteiger partial charge in [0.15, 0.2) is 34.9 Å². The molecule has 0 unspecified atom stereocenters. The molecule has 0 saturated carbocycles. The maximum Gasteiger partial charge on any atom is 0.164 e. The SMILES string of the molecule is c1ccc(-c2ccc(-c3ccc(-c4nc(-c5ccccc5)nc(-c5cccc(-c6cccc(-c7cccc(-c8nc(-c9ccccc9)nc(-c9ccccc9)n8)c7)c6)c5)n4)cc3)cc2)cc1. The summed E-state index contributed by atoms with van der Waals surface area (Å²) in [7, 11) is 0. The molecule has 0 atom stereocenters. The number of benzene rings is 9. The molecule has 66 heavy (non-hydrogen) atoms. The summed E-state index contributed by atoms with van der Waals surface area (Å²) in [6.07, 6.45) is 0. The molecule has 11 rings (SSSR count). The van der Waals surface area contributed by atoms with Crippen molar-refractivity contribution in [3.05, 3.63) is 243 Å². The molecular weight excluding hydrogens is 805 g/mol. The smallest absolute Gasteiger partial charge is 0.164 e. The molecule has 0 N–H and O–H groups in total. The zero-order chi connectivity index (χ0) is 44.1. The van der Waals surface area contributed by atoms with Gasteiger partial charge in [-0.25, -0.2) is 29.9 Å². The van der Waals surface area contributed by atoms with Crippen LogP contribution in [0, 0.1) is 0 Å². The predicted molar refractivity (Wildman–Crippen MR) is 268 cm³/mol. The summed E-state index contributed by atoms with van der Waals surface area (Å²) in [5, 5.41) is 0. The van der Waals surface area contributed by atoms with Crippen LogP contribution in [0.1, 0.15) is 0 Å². The van der Waals surface area contributed by atoms with Crippen LogP contribution in [0.3, 0.4) is 0 Å². The van der Waals surface area contributed by atoms with Crippen molar-refractivity contribution in [3.63, 3.8) is 0 Å². The summed E-state index contributed by atoms with van der Waals surface area (Å²) in [4.78, 5) is 30.0. The van der Waals surface area contributed by atoms with E-state index >= 15 is 0 Å². The Morgan fingerprint density at radius 1 is 0.136 bits per heavy atom. The minimum Gasteiger partial charge on any atom is -0.208 e. The summed E-state index contributed by atoms with van der Waals surface area (Å²) >= 11 is 0. The Kier molecular flexibility index (Phi) is 10.9. The summed E-state index contributed by atoms with van der Waals surface area (Å²) in [6, 6.07) is 83.2. The van der Waals surface area contributed by atoms with Gasteiger partial charge in [0, 0.05) is 33.4 Å². The van der Waals surface area contributed by atoms with Gasteiger partial charge in [0.2, 0.25) is 0 Å².